The SMILES string of the molecule is COC(=O)CC1CCCCN1c1cc(=O)[nH]c(C)n1. The third-order valence-corrected chi connectivity index (χ3v) is 3.40. The Balaban J connectivity index is 2.23. The summed E-state index contributed by atoms with van der Waals surface area (Å²) in [5.41, 5.74) is -0.162. The smallest absolute Gasteiger partial charge is 0.307 e. The van der Waals surface area contributed by atoms with Crippen molar-refractivity contribution in [2.75, 3.05) is 18.6 Å². The van der Waals surface area contributed by atoms with Crippen LogP contribution in [-0.4, -0.2) is 35.6 Å². The van der Waals surface area contributed by atoms with E-state index in [0.29, 0.717) is 18.1 Å². The van der Waals surface area contributed by atoms with Crippen LogP contribution >= 0.6 is 0 Å². The zero-order valence-electron chi connectivity index (χ0n) is 11.3. The van der Waals surface area contributed by atoms with E-state index < -0.39 is 0 Å². The van der Waals surface area contributed by atoms with Gasteiger partial charge in [-0.25, -0.2) is 4.98 Å². The second-order valence-electron chi connectivity index (χ2n) is 4.81. The Hall–Kier alpha value is -1.85. The van der Waals surface area contributed by atoms with E-state index in [1.54, 1.807) is 6.92 Å². The predicted octanol–water partition coefficient (Wildman–Crippen LogP) is 1.00. The Kier molecular flexibility index (Phi) is 4.19. The Morgan fingerprint density at radius 2 is 2.37 bits per heavy atom. The number of aromatic amines is 1. The van der Waals surface area contributed by atoms with Crippen molar-refractivity contribution >= 4 is 11.8 Å². The first-order chi connectivity index (χ1) is 9.10. The van der Waals surface area contributed by atoms with Gasteiger partial charge in [0.2, 0.25) is 0 Å². The second kappa shape index (κ2) is 5.86. The van der Waals surface area contributed by atoms with Crippen LogP contribution < -0.4 is 10.5 Å². The van der Waals surface area contributed by atoms with Gasteiger partial charge in [-0.3, -0.25) is 9.59 Å². The number of piperidine rings is 1. The largest absolute Gasteiger partial charge is 0.469 e. The summed E-state index contributed by atoms with van der Waals surface area (Å²) in [5, 5.41) is 0. The lowest BCUT2D eigenvalue weighted by Gasteiger charge is -2.36. The van der Waals surface area contributed by atoms with Crippen molar-refractivity contribution in [3.63, 3.8) is 0 Å². The summed E-state index contributed by atoms with van der Waals surface area (Å²) in [6.07, 6.45) is 3.39. The summed E-state index contributed by atoms with van der Waals surface area (Å²) in [4.78, 5) is 32.0. The first-order valence-corrected chi connectivity index (χ1v) is 6.51. The molecule has 1 saturated heterocycles. The summed E-state index contributed by atoms with van der Waals surface area (Å²) in [7, 11) is 1.39. The third-order valence-electron chi connectivity index (χ3n) is 3.40. The zero-order chi connectivity index (χ0) is 13.8. The highest BCUT2D eigenvalue weighted by Gasteiger charge is 2.26. The minimum absolute atomic E-state index is 0.0647. The molecule has 6 nitrogen and oxygen atoms in total. The molecule has 0 spiro atoms. The molecule has 0 bridgehead atoms. The molecule has 1 fully saturated rings. The van der Waals surface area contributed by atoms with E-state index in [9.17, 15) is 9.59 Å². The molecule has 6 heteroatoms. The van der Waals surface area contributed by atoms with Crippen LogP contribution in [-0.2, 0) is 9.53 Å². The molecule has 1 aromatic heterocycles. The van der Waals surface area contributed by atoms with Gasteiger partial charge in [0.25, 0.3) is 5.56 Å². The molecule has 2 heterocycles. The molecule has 19 heavy (non-hydrogen) atoms. The topological polar surface area (TPSA) is 75.3 Å². The molecule has 2 rings (SSSR count). The molecule has 1 N–H and O–H groups in total. The zero-order valence-corrected chi connectivity index (χ0v) is 11.3. The summed E-state index contributed by atoms with van der Waals surface area (Å²) in [5.74, 6) is 1.01. The van der Waals surface area contributed by atoms with Crippen LogP contribution in [0.4, 0.5) is 5.82 Å². The van der Waals surface area contributed by atoms with E-state index in [-0.39, 0.29) is 17.6 Å². The number of nitrogens with zero attached hydrogens (tertiary/aromatic N) is 2. The molecule has 1 aliphatic heterocycles. The number of nitrogens with one attached hydrogen (secondary N) is 1. The van der Waals surface area contributed by atoms with Crippen LogP contribution in [0, 0.1) is 6.92 Å². The number of carbonyl (C=O) groups excluding carboxylic acids is 1. The number of aryl methyl sites for hydroxylation is 1. The Labute approximate surface area is 111 Å². The standard InChI is InChI=1S/C13H19N3O3/c1-9-14-11(8-12(17)15-9)16-6-4-3-5-10(16)7-13(18)19-2/h8,10H,3-7H2,1-2H3,(H,14,15,17). The molecule has 0 amide bonds. The molecule has 0 aromatic carbocycles. The van der Waals surface area contributed by atoms with Crippen LogP contribution in [0.15, 0.2) is 10.9 Å². The first-order valence-electron chi connectivity index (χ1n) is 6.51. The maximum atomic E-state index is 11.5. The van der Waals surface area contributed by atoms with E-state index in [1.165, 1.54) is 13.2 Å². The van der Waals surface area contributed by atoms with E-state index in [4.69, 9.17) is 4.74 Å². The van der Waals surface area contributed by atoms with Crippen molar-refractivity contribution in [3.05, 3.63) is 22.2 Å². The molecule has 104 valence electrons. The molecular formula is C13H19N3O3. The van der Waals surface area contributed by atoms with Crippen molar-refractivity contribution < 1.29 is 9.53 Å². The number of methoxy groups -OCH3 is 1. The fourth-order valence-electron chi connectivity index (χ4n) is 2.50. The highest BCUT2D eigenvalue weighted by Crippen LogP contribution is 2.24. The van der Waals surface area contributed by atoms with Crippen LogP contribution in [0.2, 0.25) is 0 Å². The van der Waals surface area contributed by atoms with Crippen LogP contribution in [0.1, 0.15) is 31.5 Å². The van der Waals surface area contributed by atoms with Gasteiger partial charge in [0.05, 0.1) is 13.5 Å². The number of ether oxygens (including phenoxy) is 1. The minimum atomic E-state index is -0.224. The van der Waals surface area contributed by atoms with Gasteiger partial charge < -0.3 is 14.6 Å². The normalized spacial score (nSPS) is 19.3. The Morgan fingerprint density at radius 1 is 1.58 bits per heavy atom. The molecule has 1 aromatic rings. The van der Waals surface area contributed by atoms with Crippen LogP contribution in [0.3, 0.4) is 0 Å². The molecule has 1 unspecified atom stereocenters. The summed E-state index contributed by atoms with van der Waals surface area (Å²) < 4.78 is 4.73. The van der Waals surface area contributed by atoms with Crippen LogP contribution in [0.5, 0.6) is 0 Å². The Bertz CT molecular complexity index is 512. The number of anilines is 1. The maximum absolute atomic E-state index is 11.5. The summed E-state index contributed by atoms with van der Waals surface area (Å²) in [6.45, 7) is 2.57. The lowest BCUT2D eigenvalue weighted by atomic mass is 9.99. The monoisotopic (exact) mass is 265 g/mol. The van der Waals surface area contributed by atoms with Crippen molar-refractivity contribution in [2.24, 2.45) is 0 Å². The van der Waals surface area contributed by atoms with E-state index in [1.807, 2.05) is 4.90 Å². The second-order valence-corrected chi connectivity index (χ2v) is 4.81. The molecular weight excluding hydrogens is 246 g/mol. The Morgan fingerprint density at radius 3 is 3.05 bits per heavy atom. The maximum Gasteiger partial charge on any atom is 0.307 e. The fourth-order valence-corrected chi connectivity index (χ4v) is 2.50. The number of carbonyl (C=O) groups is 1. The van der Waals surface area contributed by atoms with E-state index in [0.717, 1.165) is 25.8 Å². The first kappa shape index (κ1) is 13.6. The predicted molar refractivity (Wildman–Crippen MR) is 71.2 cm³/mol. The van der Waals surface area contributed by atoms with Gasteiger partial charge in [-0.05, 0) is 26.2 Å². The van der Waals surface area contributed by atoms with Crippen molar-refractivity contribution in [1.82, 2.24) is 9.97 Å². The summed E-state index contributed by atoms with van der Waals surface area (Å²) in [6, 6.07) is 1.55. The lowest BCUT2D eigenvalue weighted by Crippen LogP contribution is -2.42. The van der Waals surface area contributed by atoms with Gasteiger partial charge in [0.1, 0.15) is 11.6 Å². The third kappa shape index (κ3) is 3.33. The van der Waals surface area contributed by atoms with Gasteiger partial charge in [-0.2, -0.15) is 0 Å². The number of esters is 1. The molecule has 0 radical (unpaired) electrons. The van der Waals surface area contributed by atoms with Gasteiger partial charge in [0.15, 0.2) is 0 Å². The summed E-state index contributed by atoms with van der Waals surface area (Å²) >= 11 is 0. The number of hydrogen-bond acceptors (Lipinski definition) is 5. The fraction of sp³-hybridized carbons (Fsp3) is 0.615. The minimum Gasteiger partial charge on any atom is -0.469 e. The molecule has 1 atom stereocenters. The van der Waals surface area contributed by atoms with Crippen LogP contribution in [0.25, 0.3) is 0 Å². The average molecular weight is 265 g/mol. The van der Waals surface area contributed by atoms with Crippen molar-refractivity contribution in [1.29, 1.82) is 0 Å². The molecule has 1 aliphatic rings. The quantitative estimate of drug-likeness (QED) is 0.825. The van der Waals surface area contributed by atoms with Gasteiger partial charge in [0, 0.05) is 18.7 Å². The highest BCUT2D eigenvalue weighted by molar-refractivity contribution is 5.70. The van der Waals surface area contributed by atoms with E-state index in [2.05, 4.69) is 9.97 Å². The van der Waals surface area contributed by atoms with Crippen molar-refractivity contribution in [3.8, 4) is 0 Å². The molecule has 0 saturated carbocycles. The van der Waals surface area contributed by atoms with Gasteiger partial charge in [-0.15, -0.1) is 0 Å². The lowest BCUT2D eigenvalue weighted by molar-refractivity contribution is -0.141. The van der Waals surface area contributed by atoms with Gasteiger partial charge in [-0.1, -0.05) is 0 Å². The number of H-pyrrole nitrogens is 1. The molecule has 0 aliphatic carbocycles. The number of aromatic nitrogens is 2. The van der Waals surface area contributed by atoms with Gasteiger partial charge >= 0.3 is 5.97 Å². The average Bonchev–Trinajstić information content (AvgIpc) is 2.38. The number of rotatable bonds is 3. The van der Waals surface area contributed by atoms with E-state index >= 15 is 0 Å². The number of hydrogen-bond donors (Lipinski definition) is 1. The van der Waals surface area contributed by atoms with Crippen molar-refractivity contribution in [2.45, 2.75) is 38.6 Å². The highest BCUT2D eigenvalue weighted by atomic mass is 16.5.